The van der Waals surface area contributed by atoms with Crippen molar-refractivity contribution in [2.24, 2.45) is 29.4 Å². The summed E-state index contributed by atoms with van der Waals surface area (Å²) in [7, 11) is 0. The quantitative estimate of drug-likeness (QED) is 0.786. The number of nitrogens with one attached hydrogen (secondary N) is 1. The van der Waals surface area contributed by atoms with E-state index < -0.39 is 0 Å². The van der Waals surface area contributed by atoms with Crippen LogP contribution in [0.2, 0.25) is 0 Å². The molecule has 3 aliphatic rings. The molecule has 2 saturated carbocycles. The van der Waals surface area contributed by atoms with Crippen LogP contribution in [0.5, 0.6) is 0 Å². The fourth-order valence-electron chi connectivity index (χ4n) is 5.61. The van der Waals surface area contributed by atoms with E-state index in [1.165, 1.54) is 19.3 Å². The minimum atomic E-state index is -0.0295. The molecule has 1 heterocycles. The van der Waals surface area contributed by atoms with Gasteiger partial charge in [0.05, 0.1) is 0 Å². The highest BCUT2D eigenvalue weighted by atomic mass is 35.5. The lowest BCUT2D eigenvalue weighted by atomic mass is 9.65. The fourth-order valence-corrected chi connectivity index (χ4v) is 5.61. The molecule has 3 fully saturated rings. The highest BCUT2D eigenvalue weighted by molar-refractivity contribution is 5.94. The number of likely N-dealkylation sites (tertiary alicyclic amines) is 1. The summed E-state index contributed by atoms with van der Waals surface area (Å²) in [6.07, 6.45) is 7.70. The molecule has 3 unspecified atom stereocenters. The van der Waals surface area contributed by atoms with Gasteiger partial charge >= 0.3 is 0 Å². The summed E-state index contributed by atoms with van der Waals surface area (Å²) in [6.45, 7) is 2.27. The summed E-state index contributed by atoms with van der Waals surface area (Å²) >= 11 is 0. The van der Waals surface area contributed by atoms with Crippen molar-refractivity contribution in [3.63, 3.8) is 0 Å². The molecule has 29 heavy (non-hydrogen) atoms. The zero-order chi connectivity index (χ0) is 19.5. The number of halogens is 1. The van der Waals surface area contributed by atoms with E-state index in [-0.39, 0.29) is 24.2 Å². The topological polar surface area (TPSA) is 75.4 Å². The Labute approximate surface area is 180 Å². The van der Waals surface area contributed by atoms with Gasteiger partial charge in [-0.05, 0) is 68.4 Å². The van der Waals surface area contributed by atoms with Crippen molar-refractivity contribution in [1.82, 2.24) is 10.2 Å². The lowest BCUT2D eigenvalue weighted by Gasteiger charge is -2.45. The number of benzene rings is 1. The Kier molecular flexibility index (Phi) is 7.58. The van der Waals surface area contributed by atoms with Crippen molar-refractivity contribution in [2.75, 3.05) is 19.6 Å². The van der Waals surface area contributed by atoms with E-state index in [0.29, 0.717) is 41.8 Å². The van der Waals surface area contributed by atoms with Gasteiger partial charge in [0.1, 0.15) is 0 Å². The lowest BCUT2D eigenvalue weighted by molar-refractivity contribution is -0.140. The molecule has 160 valence electrons. The van der Waals surface area contributed by atoms with Crippen LogP contribution in [0.25, 0.3) is 0 Å². The molecule has 2 aliphatic carbocycles. The summed E-state index contributed by atoms with van der Waals surface area (Å²) in [5, 5.41) is 3.05. The second-order valence-corrected chi connectivity index (χ2v) is 9.07. The Morgan fingerprint density at radius 1 is 1.03 bits per heavy atom. The molecule has 1 aromatic rings. The number of nitrogens with zero attached hydrogens (tertiary/aromatic N) is 1. The van der Waals surface area contributed by atoms with Gasteiger partial charge in [-0.25, -0.2) is 0 Å². The van der Waals surface area contributed by atoms with Gasteiger partial charge in [0.15, 0.2) is 0 Å². The standard InChI is InChI=1S/C23H33N3O2.ClH/c24-21-18-9-4-10-19(21)13-20(12-18)23(28)26-11-5-6-16(15-26)14-25-22(27)17-7-2-1-3-8-17;/h1-3,7-8,16,18-21H,4-6,9-15,24H2,(H,25,27);1H. The third kappa shape index (κ3) is 5.13. The summed E-state index contributed by atoms with van der Waals surface area (Å²) in [5.41, 5.74) is 7.09. The van der Waals surface area contributed by atoms with Crippen molar-refractivity contribution >= 4 is 24.2 Å². The van der Waals surface area contributed by atoms with Crippen LogP contribution in [0.3, 0.4) is 0 Å². The minimum absolute atomic E-state index is 0. The highest BCUT2D eigenvalue weighted by Crippen LogP contribution is 2.42. The molecule has 4 rings (SSSR count). The molecule has 1 aliphatic heterocycles. The molecular weight excluding hydrogens is 386 g/mol. The van der Waals surface area contributed by atoms with Crippen LogP contribution in [0.4, 0.5) is 0 Å². The number of carbonyl (C=O) groups is 2. The molecule has 1 saturated heterocycles. The molecule has 0 aromatic heterocycles. The molecule has 0 radical (unpaired) electrons. The lowest BCUT2D eigenvalue weighted by Crippen LogP contribution is -2.51. The number of carbonyl (C=O) groups excluding carboxylic acids is 2. The number of nitrogens with two attached hydrogens (primary N) is 1. The van der Waals surface area contributed by atoms with E-state index >= 15 is 0 Å². The van der Waals surface area contributed by atoms with E-state index in [4.69, 9.17) is 5.73 Å². The molecule has 2 amide bonds. The Morgan fingerprint density at radius 3 is 2.41 bits per heavy atom. The number of rotatable bonds is 4. The maximum Gasteiger partial charge on any atom is 0.251 e. The summed E-state index contributed by atoms with van der Waals surface area (Å²) in [5.74, 6) is 1.88. The normalized spacial score (nSPS) is 31.5. The minimum Gasteiger partial charge on any atom is -0.352 e. The van der Waals surface area contributed by atoms with E-state index in [9.17, 15) is 9.59 Å². The monoisotopic (exact) mass is 419 g/mol. The molecule has 3 N–H and O–H groups in total. The summed E-state index contributed by atoms with van der Waals surface area (Å²) in [4.78, 5) is 27.6. The predicted molar refractivity (Wildman–Crippen MR) is 117 cm³/mol. The smallest absolute Gasteiger partial charge is 0.251 e. The van der Waals surface area contributed by atoms with Crippen LogP contribution < -0.4 is 11.1 Å². The maximum absolute atomic E-state index is 13.2. The number of hydrogen-bond donors (Lipinski definition) is 2. The SMILES string of the molecule is Cl.NC1C2CCCC1CC(C(=O)N1CCCC(CNC(=O)c3ccccc3)C1)C2. The van der Waals surface area contributed by atoms with Crippen LogP contribution in [0, 0.1) is 23.7 Å². The molecule has 2 bridgehead atoms. The van der Waals surface area contributed by atoms with Gasteiger partial charge < -0.3 is 16.0 Å². The first-order chi connectivity index (χ1) is 13.6. The number of piperidine rings is 1. The average molecular weight is 420 g/mol. The van der Waals surface area contributed by atoms with Crippen LogP contribution in [-0.2, 0) is 4.79 Å². The molecule has 5 nitrogen and oxygen atoms in total. The first-order valence-corrected chi connectivity index (χ1v) is 11.0. The molecule has 1 aromatic carbocycles. The summed E-state index contributed by atoms with van der Waals surface area (Å²) in [6, 6.07) is 9.63. The van der Waals surface area contributed by atoms with Crippen molar-refractivity contribution in [3.05, 3.63) is 35.9 Å². The zero-order valence-electron chi connectivity index (χ0n) is 17.1. The average Bonchev–Trinajstić information content (AvgIpc) is 2.72. The van der Waals surface area contributed by atoms with Crippen LogP contribution >= 0.6 is 12.4 Å². The fraction of sp³-hybridized carbons (Fsp3) is 0.652. The van der Waals surface area contributed by atoms with Gasteiger partial charge in [-0.2, -0.15) is 0 Å². The Bertz CT molecular complexity index is 685. The number of amides is 2. The summed E-state index contributed by atoms with van der Waals surface area (Å²) < 4.78 is 0. The van der Waals surface area contributed by atoms with Crippen molar-refractivity contribution in [1.29, 1.82) is 0 Å². The molecule has 6 heteroatoms. The van der Waals surface area contributed by atoms with E-state index in [1.807, 2.05) is 30.3 Å². The van der Waals surface area contributed by atoms with Crippen LogP contribution in [-0.4, -0.2) is 42.4 Å². The van der Waals surface area contributed by atoms with Gasteiger partial charge in [0.25, 0.3) is 5.91 Å². The predicted octanol–water partition coefficient (Wildman–Crippen LogP) is 3.23. The Morgan fingerprint density at radius 2 is 1.72 bits per heavy atom. The van der Waals surface area contributed by atoms with Crippen molar-refractivity contribution in [2.45, 2.75) is 51.0 Å². The zero-order valence-corrected chi connectivity index (χ0v) is 17.9. The van der Waals surface area contributed by atoms with Gasteiger partial charge in [0, 0.05) is 37.2 Å². The van der Waals surface area contributed by atoms with Crippen LogP contribution in [0.1, 0.15) is 55.3 Å². The van der Waals surface area contributed by atoms with Gasteiger partial charge in [0.2, 0.25) is 5.91 Å². The van der Waals surface area contributed by atoms with E-state index in [1.54, 1.807) is 0 Å². The van der Waals surface area contributed by atoms with Crippen LogP contribution in [0.15, 0.2) is 30.3 Å². The second kappa shape index (κ2) is 9.94. The van der Waals surface area contributed by atoms with Crippen molar-refractivity contribution < 1.29 is 9.59 Å². The molecule has 3 atom stereocenters. The van der Waals surface area contributed by atoms with Gasteiger partial charge in [-0.3, -0.25) is 9.59 Å². The molecular formula is C23H34ClN3O2. The van der Waals surface area contributed by atoms with Gasteiger partial charge in [-0.15, -0.1) is 12.4 Å². The van der Waals surface area contributed by atoms with Crippen molar-refractivity contribution in [3.8, 4) is 0 Å². The third-order valence-electron chi connectivity index (χ3n) is 7.18. The third-order valence-corrected chi connectivity index (χ3v) is 7.18. The second-order valence-electron chi connectivity index (χ2n) is 9.07. The maximum atomic E-state index is 13.2. The Balaban J connectivity index is 0.00000240. The first-order valence-electron chi connectivity index (χ1n) is 11.0. The highest BCUT2D eigenvalue weighted by Gasteiger charge is 2.42. The molecule has 0 spiro atoms. The Hall–Kier alpha value is -1.59. The largest absolute Gasteiger partial charge is 0.352 e. The number of hydrogen-bond acceptors (Lipinski definition) is 3. The first kappa shape index (κ1) is 22.1. The van der Waals surface area contributed by atoms with E-state index in [0.717, 1.165) is 38.8 Å². The number of fused-ring (bicyclic) bond motifs is 2. The van der Waals surface area contributed by atoms with E-state index in [2.05, 4.69) is 10.2 Å². The van der Waals surface area contributed by atoms with Gasteiger partial charge in [-0.1, -0.05) is 24.6 Å².